The van der Waals surface area contributed by atoms with Crippen LogP contribution in [0, 0.1) is 0 Å². The van der Waals surface area contributed by atoms with Gasteiger partial charge in [-0.15, -0.1) is 0 Å². The fourth-order valence-electron chi connectivity index (χ4n) is 2.03. The summed E-state index contributed by atoms with van der Waals surface area (Å²) < 4.78 is 49.5. The highest BCUT2D eigenvalue weighted by molar-refractivity contribution is 5.92. The first-order chi connectivity index (χ1) is 10.5. The quantitative estimate of drug-likeness (QED) is 0.926. The number of fused-ring (bicyclic) bond motifs is 1. The van der Waals surface area contributed by atoms with Gasteiger partial charge in [-0.05, 0) is 26.8 Å². The van der Waals surface area contributed by atoms with Crippen molar-refractivity contribution in [3.05, 3.63) is 18.0 Å². The van der Waals surface area contributed by atoms with Gasteiger partial charge in [0.15, 0.2) is 11.5 Å². The van der Waals surface area contributed by atoms with Crippen molar-refractivity contribution in [3.63, 3.8) is 0 Å². The third kappa shape index (κ3) is 3.75. The van der Waals surface area contributed by atoms with Gasteiger partial charge < -0.3 is 14.8 Å². The monoisotopic (exact) mass is 329 g/mol. The Balaban J connectivity index is 2.77. The number of benzene rings is 1. The van der Waals surface area contributed by atoms with Crippen LogP contribution in [0.15, 0.2) is 12.1 Å². The van der Waals surface area contributed by atoms with Crippen molar-refractivity contribution in [2.24, 2.45) is 0 Å². The van der Waals surface area contributed by atoms with Crippen LogP contribution in [0.2, 0.25) is 0 Å². The molecule has 0 amide bonds. The van der Waals surface area contributed by atoms with Gasteiger partial charge in [0.25, 0.3) is 0 Å². The van der Waals surface area contributed by atoms with Crippen LogP contribution in [0.4, 0.5) is 19.0 Å². The standard InChI is InChI=1S/C15H18F3N3O2/c1-14(2,3)21-12-8-6-10(22-4)11(23-5)7-9(8)19-13(20-12)15(16,17)18/h6-7H,1-5H3,(H,19,20,21). The average Bonchev–Trinajstić information content (AvgIpc) is 2.43. The van der Waals surface area contributed by atoms with Gasteiger partial charge in [-0.2, -0.15) is 13.2 Å². The van der Waals surface area contributed by atoms with Gasteiger partial charge >= 0.3 is 6.18 Å². The largest absolute Gasteiger partial charge is 0.493 e. The fraction of sp³-hybridized carbons (Fsp3) is 0.467. The van der Waals surface area contributed by atoms with Gasteiger partial charge in [0.2, 0.25) is 5.82 Å². The van der Waals surface area contributed by atoms with Gasteiger partial charge in [0.1, 0.15) is 5.82 Å². The lowest BCUT2D eigenvalue weighted by atomic mass is 10.1. The van der Waals surface area contributed by atoms with Crippen LogP contribution >= 0.6 is 0 Å². The Bertz CT molecular complexity index is 724. The van der Waals surface area contributed by atoms with Crippen LogP contribution in [0.1, 0.15) is 26.6 Å². The summed E-state index contributed by atoms with van der Waals surface area (Å²) in [5.41, 5.74) is -0.353. The Morgan fingerprint density at radius 1 is 0.957 bits per heavy atom. The van der Waals surface area contributed by atoms with Crippen molar-refractivity contribution in [2.75, 3.05) is 19.5 Å². The Morgan fingerprint density at radius 3 is 2.00 bits per heavy atom. The summed E-state index contributed by atoms with van der Waals surface area (Å²) in [6, 6.07) is 2.96. The number of hydrogen-bond acceptors (Lipinski definition) is 5. The molecular weight excluding hydrogens is 311 g/mol. The van der Waals surface area contributed by atoms with Gasteiger partial charge in [-0.25, -0.2) is 9.97 Å². The van der Waals surface area contributed by atoms with Crippen molar-refractivity contribution in [3.8, 4) is 11.5 Å². The minimum Gasteiger partial charge on any atom is -0.493 e. The number of rotatable bonds is 3. The van der Waals surface area contributed by atoms with Crippen LogP contribution in [-0.2, 0) is 6.18 Å². The molecule has 1 aromatic heterocycles. The number of hydrogen-bond donors (Lipinski definition) is 1. The molecule has 2 aromatic rings. The molecule has 0 aliphatic rings. The van der Waals surface area contributed by atoms with Crippen molar-refractivity contribution < 1.29 is 22.6 Å². The predicted octanol–water partition coefficient (Wildman–Crippen LogP) is 3.88. The summed E-state index contributed by atoms with van der Waals surface area (Å²) in [5, 5.41) is 3.40. The van der Waals surface area contributed by atoms with Crippen LogP contribution in [-0.4, -0.2) is 29.7 Å². The van der Waals surface area contributed by atoms with Gasteiger partial charge in [-0.1, -0.05) is 0 Å². The number of methoxy groups -OCH3 is 2. The van der Waals surface area contributed by atoms with E-state index >= 15 is 0 Å². The third-order valence-corrected chi connectivity index (χ3v) is 2.95. The Labute approximate surface area is 131 Å². The summed E-state index contributed by atoms with van der Waals surface area (Å²) in [7, 11) is 2.86. The van der Waals surface area contributed by atoms with Gasteiger partial charge in [0.05, 0.1) is 19.7 Å². The summed E-state index contributed by atoms with van der Waals surface area (Å²) >= 11 is 0. The van der Waals surface area contributed by atoms with Crippen LogP contribution in [0.5, 0.6) is 11.5 Å². The van der Waals surface area contributed by atoms with Crippen molar-refractivity contribution in [2.45, 2.75) is 32.5 Å². The molecule has 0 aliphatic carbocycles. The molecule has 0 fully saturated rings. The number of nitrogens with zero attached hydrogens (tertiary/aromatic N) is 2. The molecule has 0 bridgehead atoms. The smallest absolute Gasteiger partial charge is 0.451 e. The Morgan fingerprint density at radius 2 is 1.52 bits per heavy atom. The molecule has 0 spiro atoms. The van der Waals surface area contributed by atoms with Gasteiger partial charge in [-0.3, -0.25) is 0 Å². The second-order valence-electron chi connectivity index (χ2n) is 5.99. The molecule has 0 atom stereocenters. The van der Waals surface area contributed by atoms with Gasteiger partial charge in [0, 0.05) is 17.0 Å². The third-order valence-electron chi connectivity index (χ3n) is 2.95. The molecule has 5 nitrogen and oxygen atoms in total. The molecule has 2 rings (SSSR count). The normalized spacial score (nSPS) is 12.3. The number of aromatic nitrogens is 2. The average molecular weight is 329 g/mol. The molecule has 1 N–H and O–H groups in total. The summed E-state index contributed by atoms with van der Waals surface area (Å²) in [6.07, 6.45) is -4.64. The molecule has 0 saturated carbocycles. The van der Waals surface area contributed by atoms with E-state index in [1.165, 1.54) is 20.3 Å². The molecule has 23 heavy (non-hydrogen) atoms. The van der Waals surface area contributed by atoms with E-state index in [1.807, 2.05) is 20.8 Å². The molecule has 0 saturated heterocycles. The number of halogens is 3. The zero-order valence-corrected chi connectivity index (χ0v) is 13.5. The molecule has 0 unspecified atom stereocenters. The van der Waals surface area contributed by atoms with E-state index in [2.05, 4.69) is 15.3 Å². The van der Waals surface area contributed by atoms with E-state index in [0.717, 1.165) is 0 Å². The lowest BCUT2D eigenvalue weighted by Crippen LogP contribution is -2.27. The lowest BCUT2D eigenvalue weighted by Gasteiger charge is -2.23. The zero-order valence-electron chi connectivity index (χ0n) is 13.5. The van der Waals surface area contributed by atoms with E-state index in [0.29, 0.717) is 16.9 Å². The Kier molecular flexibility index (Phi) is 4.28. The maximum Gasteiger partial charge on any atom is 0.451 e. The highest BCUT2D eigenvalue weighted by Gasteiger charge is 2.36. The first kappa shape index (κ1) is 17.1. The molecule has 0 aliphatic heterocycles. The Hall–Kier alpha value is -2.25. The number of alkyl halides is 3. The number of anilines is 1. The molecule has 1 heterocycles. The molecule has 0 radical (unpaired) electrons. The molecule has 1 aromatic carbocycles. The van der Waals surface area contributed by atoms with E-state index < -0.39 is 17.5 Å². The van der Waals surface area contributed by atoms with E-state index in [9.17, 15) is 13.2 Å². The topological polar surface area (TPSA) is 56.3 Å². The number of ether oxygens (including phenoxy) is 2. The zero-order chi connectivity index (χ0) is 17.4. The van der Waals surface area contributed by atoms with E-state index in [4.69, 9.17) is 9.47 Å². The predicted molar refractivity (Wildman–Crippen MR) is 81.0 cm³/mol. The summed E-state index contributed by atoms with van der Waals surface area (Å²) in [5.74, 6) is -0.423. The summed E-state index contributed by atoms with van der Waals surface area (Å²) in [6.45, 7) is 5.48. The van der Waals surface area contributed by atoms with Crippen molar-refractivity contribution in [1.82, 2.24) is 9.97 Å². The minimum atomic E-state index is -4.64. The highest BCUT2D eigenvalue weighted by Crippen LogP contribution is 2.37. The van der Waals surface area contributed by atoms with Crippen LogP contribution in [0.25, 0.3) is 10.9 Å². The van der Waals surface area contributed by atoms with Crippen LogP contribution < -0.4 is 14.8 Å². The van der Waals surface area contributed by atoms with Crippen molar-refractivity contribution >= 4 is 16.7 Å². The first-order valence-corrected chi connectivity index (χ1v) is 6.84. The molecular formula is C15H18F3N3O2. The SMILES string of the molecule is COc1cc2nc(C(F)(F)F)nc(NC(C)(C)C)c2cc1OC. The second kappa shape index (κ2) is 5.75. The fourth-order valence-corrected chi connectivity index (χ4v) is 2.03. The minimum absolute atomic E-state index is 0.0933. The lowest BCUT2D eigenvalue weighted by molar-refractivity contribution is -0.144. The van der Waals surface area contributed by atoms with Crippen molar-refractivity contribution in [1.29, 1.82) is 0 Å². The van der Waals surface area contributed by atoms with E-state index in [-0.39, 0.29) is 11.3 Å². The second-order valence-corrected chi connectivity index (χ2v) is 5.99. The summed E-state index contributed by atoms with van der Waals surface area (Å²) in [4.78, 5) is 7.25. The highest BCUT2D eigenvalue weighted by atomic mass is 19.4. The molecule has 126 valence electrons. The van der Waals surface area contributed by atoms with Crippen LogP contribution in [0.3, 0.4) is 0 Å². The maximum atomic E-state index is 13.0. The first-order valence-electron chi connectivity index (χ1n) is 6.84. The van der Waals surface area contributed by atoms with E-state index in [1.54, 1.807) is 6.07 Å². The number of nitrogens with one attached hydrogen (secondary N) is 1. The maximum absolute atomic E-state index is 13.0. The molecule has 8 heteroatoms.